The summed E-state index contributed by atoms with van der Waals surface area (Å²) >= 11 is 0. The zero-order chi connectivity index (χ0) is 13.5. The number of ether oxygens (including phenoxy) is 1. The second-order valence-corrected chi connectivity index (χ2v) is 5.02. The fourth-order valence-corrected chi connectivity index (χ4v) is 2.36. The second kappa shape index (κ2) is 7.14. The molecular weight excluding hydrogens is 240 g/mol. The molecule has 0 aliphatic heterocycles. The number of benzene rings is 1. The Kier molecular flexibility index (Phi) is 5.21. The molecule has 1 aromatic carbocycles. The summed E-state index contributed by atoms with van der Waals surface area (Å²) in [6.45, 7) is 0.669. The lowest BCUT2D eigenvalue weighted by Gasteiger charge is -2.11. The third-order valence-corrected chi connectivity index (χ3v) is 3.44. The molecule has 0 radical (unpaired) electrons. The Bertz CT molecular complexity index is 414. The van der Waals surface area contributed by atoms with Gasteiger partial charge in [-0.3, -0.25) is 4.79 Å². The normalized spacial score (nSPS) is 15.6. The molecule has 2 rings (SSSR count). The first-order valence-corrected chi connectivity index (χ1v) is 7.01. The van der Waals surface area contributed by atoms with Gasteiger partial charge in [0.1, 0.15) is 0 Å². The molecule has 0 atom stereocenters. The van der Waals surface area contributed by atoms with Crippen LogP contribution in [0, 0.1) is 0 Å². The minimum Gasteiger partial charge on any atom is -0.397 e. The van der Waals surface area contributed by atoms with Crippen molar-refractivity contribution in [2.45, 2.75) is 44.6 Å². The van der Waals surface area contributed by atoms with Crippen LogP contribution >= 0.6 is 0 Å². The van der Waals surface area contributed by atoms with E-state index in [-0.39, 0.29) is 5.91 Å². The number of nitrogens with two attached hydrogens (primary N) is 1. The first-order valence-electron chi connectivity index (χ1n) is 7.01. The number of rotatable bonds is 6. The Morgan fingerprint density at radius 3 is 2.79 bits per heavy atom. The minimum atomic E-state index is -0.00655. The molecule has 19 heavy (non-hydrogen) atoms. The van der Waals surface area contributed by atoms with Crippen LogP contribution in [0.1, 0.15) is 38.5 Å². The zero-order valence-corrected chi connectivity index (χ0v) is 11.2. The van der Waals surface area contributed by atoms with Crippen LogP contribution in [0.25, 0.3) is 0 Å². The fraction of sp³-hybridized carbons (Fsp3) is 0.533. The van der Waals surface area contributed by atoms with Crippen molar-refractivity contribution in [3.63, 3.8) is 0 Å². The molecule has 4 nitrogen and oxygen atoms in total. The van der Waals surface area contributed by atoms with Gasteiger partial charge in [0.25, 0.3) is 0 Å². The highest BCUT2D eigenvalue weighted by Crippen LogP contribution is 2.21. The molecule has 3 N–H and O–H groups in total. The lowest BCUT2D eigenvalue weighted by atomic mass is 10.2. The van der Waals surface area contributed by atoms with E-state index < -0.39 is 0 Å². The van der Waals surface area contributed by atoms with E-state index in [0.717, 1.165) is 6.42 Å². The van der Waals surface area contributed by atoms with Crippen LogP contribution in [-0.2, 0) is 9.53 Å². The van der Waals surface area contributed by atoms with Crippen molar-refractivity contribution >= 4 is 17.3 Å². The summed E-state index contributed by atoms with van der Waals surface area (Å²) in [5.74, 6) is -0.00655. The van der Waals surface area contributed by atoms with E-state index >= 15 is 0 Å². The van der Waals surface area contributed by atoms with E-state index in [9.17, 15) is 4.79 Å². The minimum absolute atomic E-state index is 0.00655. The van der Waals surface area contributed by atoms with Crippen molar-refractivity contribution in [3.8, 4) is 0 Å². The molecule has 1 aliphatic rings. The number of para-hydroxylation sites is 2. The molecule has 1 fully saturated rings. The fourth-order valence-electron chi connectivity index (χ4n) is 2.36. The van der Waals surface area contributed by atoms with E-state index in [1.807, 2.05) is 18.2 Å². The van der Waals surface area contributed by atoms with Gasteiger partial charge in [-0.1, -0.05) is 25.0 Å². The van der Waals surface area contributed by atoms with Gasteiger partial charge in [0.15, 0.2) is 0 Å². The highest BCUT2D eigenvalue weighted by atomic mass is 16.5. The van der Waals surface area contributed by atoms with Crippen LogP contribution in [0.3, 0.4) is 0 Å². The molecular formula is C15H22N2O2. The monoisotopic (exact) mass is 262 g/mol. The van der Waals surface area contributed by atoms with Crippen LogP contribution in [0.4, 0.5) is 11.4 Å². The van der Waals surface area contributed by atoms with Gasteiger partial charge in [0, 0.05) is 13.0 Å². The van der Waals surface area contributed by atoms with Gasteiger partial charge in [-0.25, -0.2) is 0 Å². The molecule has 0 spiro atoms. The lowest BCUT2D eigenvalue weighted by Crippen LogP contribution is -2.15. The van der Waals surface area contributed by atoms with Crippen LogP contribution < -0.4 is 11.1 Å². The smallest absolute Gasteiger partial charge is 0.224 e. The number of hydrogen-bond donors (Lipinski definition) is 2. The molecule has 1 saturated carbocycles. The standard InChI is InChI=1S/C15H22N2O2/c16-13-8-3-4-9-14(13)17-15(18)10-5-11-19-12-6-1-2-7-12/h3-4,8-9,12H,1-2,5-7,10-11,16H2,(H,17,18). The second-order valence-electron chi connectivity index (χ2n) is 5.02. The first-order chi connectivity index (χ1) is 9.25. The Balaban J connectivity index is 1.63. The number of hydrogen-bond acceptors (Lipinski definition) is 3. The molecule has 0 saturated heterocycles. The highest BCUT2D eigenvalue weighted by Gasteiger charge is 2.15. The lowest BCUT2D eigenvalue weighted by molar-refractivity contribution is -0.116. The van der Waals surface area contributed by atoms with E-state index in [4.69, 9.17) is 10.5 Å². The third-order valence-electron chi connectivity index (χ3n) is 3.44. The third kappa shape index (κ3) is 4.56. The maximum absolute atomic E-state index is 11.7. The van der Waals surface area contributed by atoms with E-state index in [2.05, 4.69) is 5.32 Å². The Labute approximate surface area is 114 Å². The topological polar surface area (TPSA) is 64.3 Å². The maximum atomic E-state index is 11.7. The molecule has 0 unspecified atom stereocenters. The van der Waals surface area contributed by atoms with Crippen molar-refractivity contribution in [2.75, 3.05) is 17.7 Å². The van der Waals surface area contributed by atoms with Crippen LogP contribution in [0.5, 0.6) is 0 Å². The number of carbonyl (C=O) groups excluding carboxylic acids is 1. The zero-order valence-electron chi connectivity index (χ0n) is 11.2. The average molecular weight is 262 g/mol. The van der Waals surface area contributed by atoms with Gasteiger partial charge in [-0.2, -0.15) is 0 Å². The summed E-state index contributed by atoms with van der Waals surface area (Å²) in [7, 11) is 0. The quantitative estimate of drug-likeness (QED) is 0.612. The Morgan fingerprint density at radius 2 is 2.05 bits per heavy atom. The molecule has 4 heteroatoms. The summed E-state index contributed by atoms with van der Waals surface area (Å²) in [4.78, 5) is 11.7. The predicted octanol–water partition coefficient (Wildman–Crippen LogP) is 2.95. The van der Waals surface area contributed by atoms with Gasteiger partial charge in [-0.05, 0) is 31.4 Å². The SMILES string of the molecule is Nc1ccccc1NC(=O)CCCOC1CCCC1. The van der Waals surface area contributed by atoms with Gasteiger partial charge in [0.05, 0.1) is 17.5 Å². The van der Waals surface area contributed by atoms with Crippen molar-refractivity contribution in [3.05, 3.63) is 24.3 Å². The van der Waals surface area contributed by atoms with Crippen molar-refractivity contribution in [2.24, 2.45) is 0 Å². The first kappa shape index (κ1) is 13.9. The molecule has 0 aromatic heterocycles. The number of anilines is 2. The predicted molar refractivity (Wildman–Crippen MR) is 76.9 cm³/mol. The molecule has 104 valence electrons. The average Bonchev–Trinajstić information content (AvgIpc) is 2.91. The van der Waals surface area contributed by atoms with E-state index in [1.54, 1.807) is 6.07 Å². The summed E-state index contributed by atoms with van der Waals surface area (Å²) in [5.41, 5.74) is 7.05. The van der Waals surface area contributed by atoms with E-state index in [1.165, 1.54) is 25.7 Å². The molecule has 0 heterocycles. The summed E-state index contributed by atoms with van der Waals surface area (Å²) in [5, 5.41) is 2.82. The van der Waals surface area contributed by atoms with Gasteiger partial charge < -0.3 is 15.8 Å². The molecule has 1 amide bonds. The molecule has 0 bridgehead atoms. The largest absolute Gasteiger partial charge is 0.397 e. The van der Waals surface area contributed by atoms with Crippen molar-refractivity contribution < 1.29 is 9.53 Å². The summed E-state index contributed by atoms with van der Waals surface area (Å²) < 4.78 is 5.72. The van der Waals surface area contributed by atoms with Crippen LogP contribution in [0.15, 0.2) is 24.3 Å². The molecule has 1 aliphatic carbocycles. The molecule has 1 aromatic rings. The van der Waals surface area contributed by atoms with Crippen LogP contribution in [-0.4, -0.2) is 18.6 Å². The number of amides is 1. The number of nitrogens with one attached hydrogen (secondary N) is 1. The summed E-state index contributed by atoms with van der Waals surface area (Å²) in [6, 6.07) is 7.29. The van der Waals surface area contributed by atoms with E-state index in [0.29, 0.717) is 30.5 Å². The van der Waals surface area contributed by atoms with Gasteiger partial charge >= 0.3 is 0 Å². The van der Waals surface area contributed by atoms with Gasteiger partial charge in [-0.15, -0.1) is 0 Å². The van der Waals surface area contributed by atoms with Gasteiger partial charge in [0.2, 0.25) is 5.91 Å². The van der Waals surface area contributed by atoms with Crippen molar-refractivity contribution in [1.29, 1.82) is 0 Å². The maximum Gasteiger partial charge on any atom is 0.224 e. The van der Waals surface area contributed by atoms with Crippen molar-refractivity contribution in [1.82, 2.24) is 0 Å². The Morgan fingerprint density at radius 1 is 1.32 bits per heavy atom. The highest BCUT2D eigenvalue weighted by molar-refractivity contribution is 5.93. The Hall–Kier alpha value is -1.55. The number of carbonyl (C=O) groups is 1. The number of nitrogen functional groups attached to an aromatic ring is 1. The van der Waals surface area contributed by atoms with Crippen LogP contribution in [0.2, 0.25) is 0 Å². The summed E-state index contributed by atoms with van der Waals surface area (Å²) in [6.07, 6.45) is 6.56.